The van der Waals surface area contributed by atoms with Gasteiger partial charge in [-0.2, -0.15) is 9.37 Å². The Morgan fingerprint density at radius 1 is 0.962 bits per heavy atom. The Bertz CT molecular complexity index is 871. The lowest BCUT2D eigenvalue weighted by atomic mass is 10.2. The highest BCUT2D eigenvalue weighted by Gasteiger charge is 2.20. The number of benzene rings is 1. The third kappa shape index (κ3) is 3.70. The van der Waals surface area contributed by atoms with Gasteiger partial charge in [0.15, 0.2) is 0 Å². The predicted octanol–water partition coefficient (Wildman–Crippen LogP) is 2.47. The van der Waals surface area contributed by atoms with Crippen LogP contribution in [0, 0.1) is 11.8 Å². The molecule has 4 rings (SSSR count). The Labute approximate surface area is 149 Å². The quantitative estimate of drug-likeness (QED) is 0.728. The first-order valence-corrected chi connectivity index (χ1v) is 8.43. The summed E-state index contributed by atoms with van der Waals surface area (Å²) in [4.78, 5) is 19.9. The third-order valence-corrected chi connectivity index (χ3v) is 4.40. The number of hydrogen-bond acceptors (Lipinski definition) is 5. The first-order chi connectivity index (χ1) is 12.7. The van der Waals surface area contributed by atoms with Crippen molar-refractivity contribution < 1.29 is 8.78 Å². The van der Waals surface area contributed by atoms with Crippen LogP contribution in [0.3, 0.4) is 0 Å². The van der Waals surface area contributed by atoms with Crippen LogP contribution in [0.15, 0.2) is 42.7 Å². The summed E-state index contributed by atoms with van der Waals surface area (Å²) in [5.74, 6) is 0.389. The topological polar surface area (TPSA) is 60.9 Å². The van der Waals surface area contributed by atoms with E-state index in [0.29, 0.717) is 5.95 Å². The number of hydrogen-bond donors (Lipinski definition) is 1. The number of imidazole rings is 1. The summed E-state index contributed by atoms with van der Waals surface area (Å²) >= 11 is 0. The van der Waals surface area contributed by atoms with E-state index >= 15 is 0 Å². The molecule has 0 bridgehead atoms. The SMILES string of the molecule is Fc1ccc(-c2ncc(CN3CCN(c4nccc(F)n4)CC3)[nH]2)cc1. The van der Waals surface area contributed by atoms with Crippen LogP contribution in [0.4, 0.5) is 14.7 Å². The standard InChI is InChI=1S/C18H18F2N6/c19-14-3-1-13(2-4-14)17-22-11-15(23-17)12-25-7-9-26(10-8-25)18-21-6-5-16(20)24-18/h1-6,11H,7-10,12H2,(H,22,23). The predicted molar refractivity (Wildman–Crippen MR) is 93.5 cm³/mol. The Morgan fingerprint density at radius 2 is 1.73 bits per heavy atom. The zero-order valence-electron chi connectivity index (χ0n) is 14.1. The summed E-state index contributed by atoms with van der Waals surface area (Å²) < 4.78 is 26.3. The molecule has 6 nitrogen and oxygen atoms in total. The van der Waals surface area contributed by atoms with Crippen LogP contribution in [0.5, 0.6) is 0 Å². The van der Waals surface area contributed by atoms with Gasteiger partial charge in [-0.1, -0.05) is 0 Å². The molecule has 134 valence electrons. The average Bonchev–Trinajstić information content (AvgIpc) is 3.11. The Hall–Kier alpha value is -2.87. The van der Waals surface area contributed by atoms with E-state index in [9.17, 15) is 8.78 Å². The zero-order valence-corrected chi connectivity index (χ0v) is 14.1. The Morgan fingerprint density at radius 3 is 2.46 bits per heavy atom. The van der Waals surface area contributed by atoms with Gasteiger partial charge in [0.05, 0.1) is 0 Å². The maximum atomic E-state index is 13.2. The van der Waals surface area contributed by atoms with Crippen molar-refractivity contribution in [2.24, 2.45) is 0 Å². The number of halogens is 2. The molecule has 0 radical (unpaired) electrons. The Kier molecular flexibility index (Phi) is 4.57. The van der Waals surface area contributed by atoms with E-state index in [0.717, 1.165) is 49.8 Å². The molecular formula is C18H18F2N6. The molecule has 26 heavy (non-hydrogen) atoms. The van der Waals surface area contributed by atoms with Gasteiger partial charge in [-0.15, -0.1) is 0 Å². The number of nitrogens with zero attached hydrogens (tertiary/aromatic N) is 5. The molecule has 1 aliphatic heterocycles. The van der Waals surface area contributed by atoms with E-state index in [1.807, 2.05) is 4.90 Å². The number of nitrogens with one attached hydrogen (secondary N) is 1. The van der Waals surface area contributed by atoms with Crippen molar-refractivity contribution in [1.29, 1.82) is 0 Å². The van der Waals surface area contributed by atoms with Crippen LogP contribution >= 0.6 is 0 Å². The molecule has 1 fully saturated rings. The second kappa shape index (κ2) is 7.17. The van der Waals surface area contributed by atoms with Gasteiger partial charge in [0.2, 0.25) is 11.9 Å². The van der Waals surface area contributed by atoms with Gasteiger partial charge >= 0.3 is 0 Å². The highest BCUT2D eigenvalue weighted by atomic mass is 19.1. The minimum Gasteiger partial charge on any atom is -0.341 e. The first-order valence-electron chi connectivity index (χ1n) is 8.43. The largest absolute Gasteiger partial charge is 0.341 e. The summed E-state index contributed by atoms with van der Waals surface area (Å²) in [7, 11) is 0. The number of rotatable bonds is 4. The molecule has 0 aliphatic carbocycles. The second-order valence-corrected chi connectivity index (χ2v) is 6.21. The highest BCUT2D eigenvalue weighted by molar-refractivity contribution is 5.54. The van der Waals surface area contributed by atoms with Gasteiger partial charge in [0.25, 0.3) is 0 Å². The fourth-order valence-corrected chi connectivity index (χ4v) is 3.02. The van der Waals surface area contributed by atoms with E-state index in [1.165, 1.54) is 24.4 Å². The number of anilines is 1. The summed E-state index contributed by atoms with van der Waals surface area (Å²) in [6, 6.07) is 7.50. The van der Waals surface area contributed by atoms with Gasteiger partial charge in [-0.05, 0) is 24.3 Å². The van der Waals surface area contributed by atoms with Crippen molar-refractivity contribution >= 4 is 5.95 Å². The summed E-state index contributed by atoms with van der Waals surface area (Å²) in [6.07, 6.45) is 3.24. The second-order valence-electron chi connectivity index (χ2n) is 6.21. The molecule has 3 aromatic rings. The van der Waals surface area contributed by atoms with Crippen molar-refractivity contribution in [2.75, 3.05) is 31.1 Å². The number of aromatic nitrogens is 4. The molecule has 8 heteroatoms. The zero-order chi connectivity index (χ0) is 17.9. The molecule has 1 aromatic carbocycles. The molecule has 1 N–H and O–H groups in total. The fraction of sp³-hybridized carbons (Fsp3) is 0.278. The number of aromatic amines is 1. The van der Waals surface area contributed by atoms with Gasteiger partial charge in [-0.25, -0.2) is 14.4 Å². The van der Waals surface area contributed by atoms with Crippen molar-refractivity contribution in [1.82, 2.24) is 24.8 Å². The lowest BCUT2D eigenvalue weighted by Gasteiger charge is -2.34. The number of H-pyrrole nitrogens is 1. The van der Waals surface area contributed by atoms with E-state index in [-0.39, 0.29) is 5.82 Å². The van der Waals surface area contributed by atoms with Crippen molar-refractivity contribution in [3.63, 3.8) is 0 Å². The van der Waals surface area contributed by atoms with Crippen LogP contribution in [-0.4, -0.2) is 51.0 Å². The summed E-state index contributed by atoms with van der Waals surface area (Å²) in [5, 5.41) is 0. The molecule has 2 aromatic heterocycles. The third-order valence-electron chi connectivity index (χ3n) is 4.40. The minimum absolute atomic E-state index is 0.263. The van der Waals surface area contributed by atoms with Crippen molar-refractivity contribution in [3.05, 3.63) is 60.2 Å². The van der Waals surface area contributed by atoms with Crippen LogP contribution in [0.2, 0.25) is 0 Å². The molecule has 0 spiro atoms. The Balaban J connectivity index is 1.35. The van der Waals surface area contributed by atoms with Crippen LogP contribution in [0.1, 0.15) is 5.69 Å². The first kappa shape index (κ1) is 16.6. The molecule has 1 saturated heterocycles. The molecule has 1 aliphatic rings. The maximum absolute atomic E-state index is 13.2. The maximum Gasteiger partial charge on any atom is 0.228 e. The van der Waals surface area contributed by atoms with E-state index in [2.05, 4.69) is 24.8 Å². The minimum atomic E-state index is -0.511. The van der Waals surface area contributed by atoms with E-state index in [1.54, 1.807) is 18.3 Å². The lowest BCUT2D eigenvalue weighted by Crippen LogP contribution is -2.46. The molecular weight excluding hydrogens is 338 g/mol. The van der Waals surface area contributed by atoms with Gasteiger partial charge in [-0.3, -0.25) is 4.90 Å². The molecule has 0 amide bonds. The summed E-state index contributed by atoms with van der Waals surface area (Å²) in [5.41, 5.74) is 1.85. The molecule has 0 unspecified atom stereocenters. The van der Waals surface area contributed by atoms with Crippen LogP contribution < -0.4 is 4.90 Å². The van der Waals surface area contributed by atoms with Crippen molar-refractivity contribution in [3.8, 4) is 11.4 Å². The molecule has 0 saturated carbocycles. The van der Waals surface area contributed by atoms with Crippen molar-refractivity contribution in [2.45, 2.75) is 6.54 Å². The van der Waals surface area contributed by atoms with Gasteiger partial charge < -0.3 is 9.88 Å². The van der Waals surface area contributed by atoms with Gasteiger partial charge in [0, 0.05) is 62.4 Å². The van der Waals surface area contributed by atoms with E-state index < -0.39 is 5.95 Å². The van der Waals surface area contributed by atoms with Crippen LogP contribution in [-0.2, 0) is 6.54 Å². The average molecular weight is 356 g/mol. The van der Waals surface area contributed by atoms with Gasteiger partial charge in [0.1, 0.15) is 11.6 Å². The monoisotopic (exact) mass is 356 g/mol. The van der Waals surface area contributed by atoms with Crippen LogP contribution in [0.25, 0.3) is 11.4 Å². The molecule has 0 atom stereocenters. The normalized spacial score (nSPS) is 15.4. The highest BCUT2D eigenvalue weighted by Crippen LogP contribution is 2.18. The fourth-order valence-electron chi connectivity index (χ4n) is 3.02. The van der Waals surface area contributed by atoms with E-state index in [4.69, 9.17) is 0 Å². The summed E-state index contributed by atoms with van der Waals surface area (Å²) in [6.45, 7) is 3.87. The lowest BCUT2D eigenvalue weighted by molar-refractivity contribution is 0.246. The smallest absolute Gasteiger partial charge is 0.228 e. The number of piperazine rings is 1. The molecule has 3 heterocycles.